The van der Waals surface area contributed by atoms with Gasteiger partial charge in [0.15, 0.2) is 0 Å². The normalized spacial score (nSPS) is 16.3. The minimum absolute atomic E-state index is 0.233. The number of halogens is 1. The Labute approximate surface area is 118 Å². The summed E-state index contributed by atoms with van der Waals surface area (Å²) in [5.74, 6) is -0.442. The fraction of sp³-hybridized carbons (Fsp3) is 0.571. The van der Waals surface area contributed by atoms with E-state index in [4.69, 9.17) is 11.6 Å². The highest BCUT2D eigenvalue weighted by Gasteiger charge is 2.25. The lowest BCUT2D eigenvalue weighted by Gasteiger charge is -2.35. The summed E-state index contributed by atoms with van der Waals surface area (Å²) in [6.07, 6.45) is 5.86. The van der Waals surface area contributed by atoms with E-state index in [1.165, 1.54) is 25.3 Å². The summed E-state index contributed by atoms with van der Waals surface area (Å²) in [4.78, 5) is 17.7. The second-order valence-corrected chi connectivity index (χ2v) is 5.28. The second-order valence-electron chi connectivity index (χ2n) is 4.89. The summed E-state index contributed by atoms with van der Waals surface area (Å²) in [6, 6.07) is 3.45. The minimum Gasteiger partial charge on any atom is -0.478 e. The number of pyridine rings is 1. The first kappa shape index (κ1) is 14.1. The second kappa shape index (κ2) is 6.24. The molecule has 0 unspecified atom stereocenters. The van der Waals surface area contributed by atoms with Gasteiger partial charge in [-0.15, -0.1) is 0 Å². The molecule has 0 aromatic carbocycles. The average Bonchev–Trinajstić information content (AvgIpc) is 2.40. The summed E-state index contributed by atoms with van der Waals surface area (Å²) in [7, 11) is 0. The third kappa shape index (κ3) is 3.18. The molecule has 1 heterocycles. The maximum Gasteiger partial charge on any atom is 0.339 e. The first-order valence-corrected chi connectivity index (χ1v) is 7.17. The Kier molecular flexibility index (Phi) is 4.64. The Morgan fingerprint density at radius 3 is 2.68 bits per heavy atom. The predicted octanol–water partition coefficient (Wildman–Crippen LogP) is 3.59. The minimum atomic E-state index is -0.951. The highest BCUT2D eigenvalue weighted by molar-refractivity contribution is 6.29. The monoisotopic (exact) mass is 282 g/mol. The number of rotatable bonds is 4. The zero-order chi connectivity index (χ0) is 13.8. The molecule has 5 heteroatoms. The molecule has 0 atom stereocenters. The van der Waals surface area contributed by atoms with Crippen molar-refractivity contribution < 1.29 is 9.90 Å². The van der Waals surface area contributed by atoms with E-state index in [1.807, 2.05) is 6.92 Å². The molecule has 0 radical (unpaired) electrons. The van der Waals surface area contributed by atoms with Gasteiger partial charge in [-0.2, -0.15) is 0 Å². The zero-order valence-electron chi connectivity index (χ0n) is 11.1. The zero-order valence-corrected chi connectivity index (χ0v) is 11.9. The summed E-state index contributed by atoms with van der Waals surface area (Å²) >= 11 is 5.93. The molecule has 0 spiro atoms. The Hall–Kier alpha value is -1.29. The molecule has 1 aliphatic carbocycles. The smallest absolute Gasteiger partial charge is 0.339 e. The quantitative estimate of drug-likeness (QED) is 0.858. The molecule has 104 valence electrons. The van der Waals surface area contributed by atoms with Crippen molar-refractivity contribution in [1.82, 2.24) is 4.98 Å². The van der Waals surface area contributed by atoms with Crippen LogP contribution in [0.2, 0.25) is 5.15 Å². The van der Waals surface area contributed by atoms with Gasteiger partial charge in [-0.1, -0.05) is 30.9 Å². The van der Waals surface area contributed by atoms with Gasteiger partial charge in [-0.3, -0.25) is 0 Å². The number of carboxylic acid groups (broad SMARTS) is 1. The van der Waals surface area contributed by atoms with Crippen LogP contribution in [0.15, 0.2) is 12.1 Å². The molecule has 0 bridgehead atoms. The van der Waals surface area contributed by atoms with Gasteiger partial charge in [-0.25, -0.2) is 9.78 Å². The molecule has 1 aromatic heterocycles. The highest BCUT2D eigenvalue weighted by Crippen LogP contribution is 2.29. The number of anilines is 1. The Morgan fingerprint density at radius 1 is 1.42 bits per heavy atom. The van der Waals surface area contributed by atoms with Crippen LogP contribution in [-0.2, 0) is 0 Å². The summed E-state index contributed by atoms with van der Waals surface area (Å²) in [5, 5.41) is 9.63. The van der Waals surface area contributed by atoms with E-state index < -0.39 is 5.97 Å². The lowest BCUT2D eigenvalue weighted by Crippen LogP contribution is -2.38. The Bertz CT molecular complexity index is 459. The van der Waals surface area contributed by atoms with Gasteiger partial charge in [0, 0.05) is 12.6 Å². The molecular weight excluding hydrogens is 264 g/mol. The first-order valence-electron chi connectivity index (χ1n) is 6.80. The molecular formula is C14H19ClN2O2. The van der Waals surface area contributed by atoms with Crippen molar-refractivity contribution in [2.75, 3.05) is 11.4 Å². The number of aromatic carboxylic acids is 1. The van der Waals surface area contributed by atoms with Crippen molar-refractivity contribution in [3.8, 4) is 0 Å². The molecule has 4 nitrogen and oxygen atoms in total. The lowest BCUT2D eigenvalue weighted by atomic mass is 9.94. The van der Waals surface area contributed by atoms with Crippen LogP contribution in [0.3, 0.4) is 0 Å². The molecule has 1 N–H and O–H groups in total. The maximum absolute atomic E-state index is 11.3. The van der Waals surface area contributed by atoms with E-state index in [2.05, 4.69) is 9.88 Å². The van der Waals surface area contributed by atoms with Crippen molar-refractivity contribution in [3.05, 3.63) is 22.8 Å². The van der Waals surface area contributed by atoms with E-state index in [1.54, 1.807) is 6.07 Å². The third-order valence-corrected chi connectivity index (χ3v) is 3.91. The van der Waals surface area contributed by atoms with Crippen LogP contribution in [0, 0.1) is 0 Å². The fourth-order valence-electron chi connectivity index (χ4n) is 2.78. The van der Waals surface area contributed by atoms with Crippen molar-refractivity contribution in [3.63, 3.8) is 0 Å². The van der Waals surface area contributed by atoms with Gasteiger partial charge in [0.1, 0.15) is 16.5 Å². The Balaban J connectivity index is 2.35. The molecule has 0 amide bonds. The molecule has 2 rings (SSSR count). The van der Waals surface area contributed by atoms with Crippen LogP contribution in [-0.4, -0.2) is 28.6 Å². The molecule has 0 saturated heterocycles. The predicted molar refractivity (Wildman–Crippen MR) is 76.1 cm³/mol. The number of nitrogens with zero attached hydrogens (tertiary/aromatic N) is 2. The van der Waals surface area contributed by atoms with Crippen LogP contribution >= 0.6 is 11.6 Å². The lowest BCUT2D eigenvalue weighted by molar-refractivity contribution is 0.0697. The summed E-state index contributed by atoms with van der Waals surface area (Å²) < 4.78 is 0. The highest BCUT2D eigenvalue weighted by atomic mass is 35.5. The molecule has 0 aliphatic heterocycles. The van der Waals surface area contributed by atoms with Crippen molar-refractivity contribution in [1.29, 1.82) is 0 Å². The number of hydrogen-bond donors (Lipinski definition) is 1. The van der Waals surface area contributed by atoms with Crippen LogP contribution in [0.1, 0.15) is 49.4 Å². The topological polar surface area (TPSA) is 53.4 Å². The van der Waals surface area contributed by atoms with E-state index >= 15 is 0 Å². The first-order chi connectivity index (χ1) is 9.13. The molecule has 1 fully saturated rings. The standard InChI is InChI=1S/C14H19ClN2O2/c1-2-17(10-6-4-3-5-7-10)13-11(14(18)19)8-9-12(15)16-13/h8-10H,2-7H2,1H3,(H,18,19). The summed E-state index contributed by atoms with van der Waals surface area (Å²) in [6.45, 7) is 2.78. The molecule has 19 heavy (non-hydrogen) atoms. The van der Waals surface area contributed by atoms with E-state index in [0.29, 0.717) is 17.0 Å². The summed E-state index contributed by atoms with van der Waals surface area (Å²) in [5.41, 5.74) is 0.233. The maximum atomic E-state index is 11.3. The van der Waals surface area contributed by atoms with Gasteiger partial charge in [0.25, 0.3) is 0 Å². The van der Waals surface area contributed by atoms with Gasteiger partial charge >= 0.3 is 5.97 Å². The van der Waals surface area contributed by atoms with Crippen LogP contribution in [0.4, 0.5) is 5.82 Å². The van der Waals surface area contributed by atoms with Crippen molar-refractivity contribution in [2.45, 2.75) is 45.1 Å². The average molecular weight is 283 g/mol. The van der Waals surface area contributed by atoms with E-state index in [-0.39, 0.29) is 5.56 Å². The number of carboxylic acids is 1. The third-order valence-electron chi connectivity index (χ3n) is 3.70. The van der Waals surface area contributed by atoms with Gasteiger partial charge in [0.05, 0.1) is 0 Å². The van der Waals surface area contributed by atoms with E-state index in [0.717, 1.165) is 19.4 Å². The SMILES string of the molecule is CCN(c1nc(Cl)ccc1C(=O)O)C1CCCCC1. The number of carbonyl (C=O) groups is 1. The molecule has 1 saturated carbocycles. The number of hydrogen-bond acceptors (Lipinski definition) is 3. The largest absolute Gasteiger partial charge is 0.478 e. The Morgan fingerprint density at radius 2 is 2.11 bits per heavy atom. The van der Waals surface area contributed by atoms with E-state index in [9.17, 15) is 9.90 Å². The molecule has 1 aliphatic rings. The van der Waals surface area contributed by atoms with Crippen molar-refractivity contribution >= 4 is 23.4 Å². The fourth-order valence-corrected chi connectivity index (χ4v) is 2.93. The van der Waals surface area contributed by atoms with Crippen LogP contribution in [0.25, 0.3) is 0 Å². The van der Waals surface area contributed by atoms with Gasteiger partial charge in [-0.05, 0) is 31.9 Å². The van der Waals surface area contributed by atoms with Crippen LogP contribution < -0.4 is 4.90 Å². The number of aromatic nitrogens is 1. The van der Waals surface area contributed by atoms with Gasteiger partial charge < -0.3 is 10.0 Å². The van der Waals surface area contributed by atoms with Gasteiger partial charge in [0.2, 0.25) is 0 Å². The molecule has 1 aromatic rings. The van der Waals surface area contributed by atoms with Crippen LogP contribution in [0.5, 0.6) is 0 Å². The van der Waals surface area contributed by atoms with Crippen molar-refractivity contribution in [2.24, 2.45) is 0 Å².